The third-order valence-corrected chi connectivity index (χ3v) is 7.27. The third-order valence-electron chi connectivity index (χ3n) is 7.27. The van der Waals surface area contributed by atoms with Gasteiger partial charge < -0.3 is 80.1 Å². The molecule has 2 aliphatic heterocycles. The molecule has 2 heterocycles. The molecule has 0 aromatic rings. The molecule has 0 aromatic carbocycles. The van der Waals surface area contributed by atoms with Crippen LogP contribution in [0.15, 0.2) is 0 Å². The van der Waals surface area contributed by atoms with Crippen molar-refractivity contribution >= 4 is 11.9 Å². The standard InChI is InChI=1S/C25H45NO17/c1-10(30)17(7-28)41-23(42-22-18(8-29)40-11(2)20(35)21(22)36)15(34)9-39-25(24(37)38)5-14(33)19(26-12(3)31)16(43-25)4-13(32)6-27/h10-11,13-23,27-30,32-36H,4-9H2,1-3H3,(H,26,31)(H,37,38)/t10-,11?,13+,14-,15+,16?,17?,18?,19?,20?,21?,22?,23?,25-/m1/s1. The Balaban J connectivity index is 2.33. The van der Waals surface area contributed by atoms with E-state index >= 15 is 0 Å². The Morgan fingerprint density at radius 3 is 2.21 bits per heavy atom. The highest BCUT2D eigenvalue weighted by Gasteiger charge is 2.54. The number of amides is 1. The Hall–Kier alpha value is -1.62. The zero-order chi connectivity index (χ0) is 32.6. The van der Waals surface area contributed by atoms with E-state index in [1.165, 1.54) is 13.8 Å². The molecule has 18 heteroatoms. The second-order valence-electron chi connectivity index (χ2n) is 10.8. The smallest absolute Gasteiger partial charge is 0.364 e. The molecule has 0 radical (unpaired) electrons. The van der Waals surface area contributed by atoms with Crippen LogP contribution >= 0.6 is 0 Å². The molecule has 2 aliphatic rings. The molecule has 0 bridgehead atoms. The Kier molecular flexibility index (Phi) is 14.5. The first-order valence-corrected chi connectivity index (χ1v) is 13.8. The number of aliphatic carboxylic acids is 1. The van der Waals surface area contributed by atoms with Gasteiger partial charge in [0.15, 0.2) is 6.29 Å². The summed E-state index contributed by atoms with van der Waals surface area (Å²) in [4.78, 5) is 24.1. The van der Waals surface area contributed by atoms with Gasteiger partial charge in [0.2, 0.25) is 5.91 Å². The Morgan fingerprint density at radius 2 is 1.70 bits per heavy atom. The first kappa shape index (κ1) is 37.6. The van der Waals surface area contributed by atoms with E-state index in [1.54, 1.807) is 0 Å². The minimum Gasteiger partial charge on any atom is -0.477 e. The lowest BCUT2D eigenvalue weighted by atomic mass is 9.90. The summed E-state index contributed by atoms with van der Waals surface area (Å²) in [5.74, 6) is -5.01. The Bertz CT molecular complexity index is 879. The monoisotopic (exact) mass is 631 g/mol. The molecule has 14 atom stereocenters. The van der Waals surface area contributed by atoms with E-state index in [2.05, 4.69) is 5.32 Å². The molecule has 2 fully saturated rings. The molecule has 0 aromatic heterocycles. The van der Waals surface area contributed by atoms with Crippen molar-refractivity contribution in [3.63, 3.8) is 0 Å². The lowest BCUT2D eigenvalue weighted by Crippen LogP contribution is -2.65. The maximum absolute atomic E-state index is 12.4. The third kappa shape index (κ3) is 9.68. The molecule has 18 nitrogen and oxygen atoms in total. The van der Waals surface area contributed by atoms with Crippen LogP contribution in [0.5, 0.6) is 0 Å². The number of aliphatic hydroxyl groups excluding tert-OH is 9. The van der Waals surface area contributed by atoms with E-state index in [0.29, 0.717) is 0 Å². The van der Waals surface area contributed by atoms with E-state index in [9.17, 15) is 60.7 Å². The van der Waals surface area contributed by atoms with Crippen molar-refractivity contribution < 1.29 is 84.3 Å². The summed E-state index contributed by atoms with van der Waals surface area (Å²) in [5.41, 5.74) is 0. The molecular weight excluding hydrogens is 586 g/mol. The van der Waals surface area contributed by atoms with E-state index in [4.69, 9.17) is 23.7 Å². The molecule has 0 saturated carbocycles. The van der Waals surface area contributed by atoms with Gasteiger partial charge in [0.25, 0.3) is 5.79 Å². The average molecular weight is 632 g/mol. The van der Waals surface area contributed by atoms with Crippen molar-refractivity contribution in [3.05, 3.63) is 0 Å². The lowest BCUT2D eigenvalue weighted by Gasteiger charge is -2.45. The van der Waals surface area contributed by atoms with Gasteiger partial charge in [-0.1, -0.05) is 0 Å². The van der Waals surface area contributed by atoms with Crippen molar-refractivity contribution in [3.8, 4) is 0 Å². The summed E-state index contributed by atoms with van der Waals surface area (Å²) in [5, 5.41) is 104. The summed E-state index contributed by atoms with van der Waals surface area (Å²) >= 11 is 0. The zero-order valence-corrected chi connectivity index (χ0v) is 24.1. The predicted molar refractivity (Wildman–Crippen MR) is 139 cm³/mol. The van der Waals surface area contributed by atoms with Crippen LogP contribution in [0.1, 0.15) is 33.6 Å². The number of carboxylic acid groups (broad SMARTS) is 1. The fourth-order valence-corrected chi connectivity index (χ4v) is 4.86. The van der Waals surface area contributed by atoms with Gasteiger partial charge in [-0.3, -0.25) is 4.79 Å². The molecule has 11 N–H and O–H groups in total. The highest BCUT2D eigenvalue weighted by atomic mass is 16.7. The normalized spacial score (nSPS) is 36.7. The maximum Gasteiger partial charge on any atom is 0.364 e. The molecule has 2 saturated heterocycles. The van der Waals surface area contributed by atoms with E-state index in [-0.39, 0.29) is 0 Å². The summed E-state index contributed by atoms with van der Waals surface area (Å²) < 4.78 is 27.7. The highest BCUT2D eigenvalue weighted by Crippen LogP contribution is 2.34. The van der Waals surface area contributed by atoms with Crippen molar-refractivity contribution in [1.82, 2.24) is 5.32 Å². The molecule has 252 valence electrons. The van der Waals surface area contributed by atoms with Crippen molar-refractivity contribution in [1.29, 1.82) is 0 Å². The number of hydrogen-bond acceptors (Lipinski definition) is 16. The highest BCUT2D eigenvalue weighted by molar-refractivity contribution is 5.76. The summed E-state index contributed by atoms with van der Waals surface area (Å²) in [7, 11) is 0. The SMILES string of the molecule is CC(=O)NC1C(C[C@H](O)CO)O[C@@](OC[C@H](O)C(OC2C(CO)OC(C)C(O)C2O)OC(CO)[C@@H](C)O)(C(=O)O)C[C@H]1O. The predicted octanol–water partition coefficient (Wildman–Crippen LogP) is -5.49. The largest absolute Gasteiger partial charge is 0.477 e. The van der Waals surface area contributed by atoms with Crippen molar-refractivity contribution in [2.45, 2.75) is 119 Å². The second-order valence-corrected chi connectivity index (χ2v) is 10.8. The van der Waals surface area contributed by atoms with Gasteiger partial charge in [0, 0.05) is 19.8 Å². The lowest BCUT2D eigenvalue weighted by molar-refractivity contribution is -0.329. The molecule has 0 spiro atoms. The van der Waals surface area contributed by atoms with Crippen molar-refractivity contribution in [2.24, 2.45) is 0 Å². The zero-order valence-electron chi connectivity index (χ0n) is 24.1. The minimum absolute atomic E-state index is 0.427. The molecule has 2 rings (SSSR count). The number of hydrogen-bond donors (Lipinski definition) is 11. The topological polar surface area (TPSA) is 295 Å². The van der Waals surface area contributed by atoms with Gasteiger partial charge in [0.1, 0.15) is 36.6 Å². The summed E-state index contributed by atoms with van der Waals surface area (Å²) in [6.45, 7) is 0.659. The van der Waals surface area contributed by atoms with Gasteiger partial charge in [-0.15, -0.1) is 0 Å². The quantitative estimate of drug-likeness (QED) is 0.0708. The summed E-state index contributed by atoms with van der Waals surface area (Å²) in [6.07, 6.45) is -18.9. The number of carbonyl (C=O) groups is 2. The van der Waals surface area contributed by atoms with Crippen LogP contribution in [0.25, 0.3) is 0 Å². The fraction of sp³-hybridized carbons (Fsp3) is 0.920. The van der Waals surface area contributed by atoms with Crippen molar-refractivity contribution in [2.75, 3.05) is 26.4 Å². The van der Waals surface area contributed by atoms with Gasteiger partial charge >= 0.3 is 5.97 Å². The van der Waals surface area contributed by atoms with Gasteiger partial charge in [-0.05, 0) is 13.8 Å². The number of rotatable bonds is 16. The first-order chi connectivity index (χ1) is 20.1. The van der Waals surface area contributed by atoms with Gasteiger partial charge in [-0.25, -0.2) is 4.79 Å². The maximum atomic E-state index is 12.4. The second kappa shape index (κ2) is 16.6. The number of carbonyl (C=O) groups excluding carboxylic acids is 1. The number of carboxylic acids is 1. The Labute approximate surface area is 247 Å². The number of ether oxygens (including phenoxy) is 5. The summed E-state index contributed by atoms with van der Waals surface area (Å²) in [6, 6.07) is -1.20. The van der Waals surface area contributed by atoms with Crippen LogP contribution in [-0.2, 0) is 33.3 Å². The van der Waals surface area contributed by atoms with E-state index in [0.717, 1.165) is 6.92 Å². The van der Waals surface area contributed by atoms with Gasteiger partial charge in [-0.2, -0.15) is 0 Å². The number of nitrogens with one attached hydrogen (secondary N) is 1. The molecule has 43 heavy (non-hydrogen) atoms. The molecule has 0 aliphatic carbocycles. The van der Waals surface area contributed by atoms with Crippen LogP contribution in [0.2, 0.25) is 0 Å². The minimum atomic E-state index is -2.66. The van der Waals surface area contributed by atoms with E-state index in [1.807, 2.05) is 0 Å². The molecule has 1 amide bonds. The fourth-order valence-electron chi connectivity index (χ4n) is 4.86. The van der Waals surface area contributed by atoms with Crippen LogP contribution < -0.4 is 5.32 Å². The van der Waals surface area contributed by atoms with Gasteiger partial charge in [0.05, 0.1) is 63.0 Å². The molecular formula is C25H45NO17. The Morgan fingerprint density at radius 1 is 1.05 bits per heavy atom. The van der Waals surface area contributed by atoms with Crippen LogP contribution in [0, 0.1) is 0 Å². The number of aliphatic hydroxyl groups is 9. The molecule has 9 unspecified atom stereocenters. The average Bonchev–Trinajstić information content (AvgIpc) is 2.94. The van der Waals surface area contributed by atoms with Crippen LogP contribution in [0.4, 0.5) is 0 Å². The van der Waals surface area contributed by atoms with Crippen LogP contribution in [-0.4, -0.2) is 175 Å². The van der Waals surface area contributed by atoms with E-state index < -0.39 is 136 Å². The first-order valence-electron chi connectivity index (χ1n) is 13.8. The van der Waals surface area contributed by atoms with Crippen LogP contribution in [0.3, 0.4) is 0 Å².